The Hall–Kier alpha value is -0.540. The number of hydrogen-bond acceptors (Lipinski definition) is 2. The Morgan fingerprint density at radius 1 is 1.30 bits per heavy atom. The lowest BCUT2D eigenvalue weighted by Gasteiger charge is -2.22. The molecule has 1 N–H and O–H groups in total. The van der Waals surface area contributed by atoms with Gasteiger partial charge in [-0.1, -0.05) is 48.0 Å². The number of aliphatic hydroxyl groups is 1. The van der Waals surface area contributed by atoms with Crippen molar-refractivity contribution in [1.82, 2.24) is 0 Å². The van der Waals surface area contributed by atoms with Gasteiger partial charge < -0.3 is 9.84 Å². The summed E-state index contributed by atoms with van der Waals surface area (Å²) in [5, 5.41) is 10.3. The Morgan fingerprint density at radius 2 is 2.05 bits per heavy atom. The molecule has 2 rings (SSSR count). The van der Waals surface area contributed by atoms with E-state index in [0.717, 1.165) is 34.5 Å². The lowest BCUT2D eigenvalue weighted by molar-refractivity contribution is 0.148. The quantitative estimate of drug-likeness (QED) is 0.811. The van der Waals surface area contributed by atoms with Crippen molar-refractivity contribution >= 4 is 15.9 Å². The molecule has 3 heteroatoms. The highest BCUT2D eigenvalue weighted by Crippen LogP contribution is 2.29. The van der Waals surface area contributed by atoms with Gasteiger partial charge in [-0.3, -0.25) is 0 Å². The third kappa shape index (κ3) is 4.78. The van der Waals surface area contributed by atoms with Crippen LogP contribution in [0.1, 0.15) is 50.5 Å². The fourth-order valence-electron chi connectivity index (χ4n) is 3.17. The molecule has 0 bridgehead atoms. The molecule has 1 atom stereocenters. The topological polar surface area (TPSA) is 29.5 Å². The monoisotopic (exact) mass is 340 g/mol. The van der Waals surface area contributed by atoms with E-state index in [4.69, 9.17) is 4.74 Å². The number of hydrogen-bond donors (Lipinski definition) is 1. The van der Waals surface area contributed by atoms with Crippen LogP contribution in [0.15, 0.2) is 22.7 Å². The number of methoxy groups -OCH3 is 1. The van der Waals surface area contributed by atoms with Crippen LogP contribution in [0.25, 0.3) is 0 Å². The summed E-state index contributed by atoms with van der Waals surface area (Å²) in [5.41, 5.74) is 1.08. The zero-order chi connectivity index (χ0) is 14.4. The zero-order valence-electron chi connectivity index (χ0n) is 12.3. The predicted octanol–water partition coefficient (Wildman–Crippen LogP) is 4.72. The maximum Gasteiger partial charge on any atom is 0.122 e. The summed E-state index contributed by atoms with van der Waals surface area (Å²) in [6.45, 7) is 0. The van der Waals surface area contributed by atoms with Crippen molar-refractivity contribution in [2.45, 2.75) is 57.5 Å². The first-order valence-corrected chi connectivity index (χ1v) is 8.49. The molecule has 20 heavy (non-hydrogen) atoms. The second-order valence-electron chi connectivity index (χ2n) is 5.90. The van der Waals surface area contributed by atoms with Gasteiger partial charge in [0.2, 0.25) is 0 Å². The molecule has 1 aromatic carbocycles. The second-order valence-corrected chi connectivity index (χ2v) is 6.81. The van der Waals surface area contributed by atoms with Crippen LogP contribution in [0.5, 0.6) is 5.75 Å². The minimum absolute atomic E-state index is 0.264. The molecule has 1 aliphatic carbocycles. The second kappa shape index (κ2) is 8.04. The molecular weight excluding hydrogens is 316 g/mol. The van der Waals surface area contributed by atoms with Crippen molar-refractivity contribution in [2.75, 3.05) is 7.11 Å². The van der Waals surface area contributed by atoms with Crippen molar-refractivity contribution in [3.8, 4) is 5.75 Å². The molecule has 0 amide bonds. The van der Waals surface area contributed by atoms with Crippen LogP contribution < -0.4 is 4.74 Å². The fourth-order valence-corrected chi connectivity index (χ4v) is 3.57. The van der Waals surface area contributed by atoms with Crippen molar-refractivity contribution in [2.24, 2.45) is 5.92 Å². The van der Waals surface area contributed by atoms with Crippen molar-refractivity contribution in [3.05, 3.63) is 28.2 Å². The normalized spacial score (nSPS) is 17.9. The summed E-state index contributed by atoms with van der Waals surface area (Å²) in [5.74, 6) is 1.70. The smallest absolute Gasteiger partial charge is 0.122 e. The fraction of sp³-hybridized carbons (Fsp3) is 0.647. The number of rotatable bonds is 6. The van der Waals surface area contributed by atoms with E-state index in [1.165, 1.54) is 32.1 Å². The van der Waals surface area contributed by atoms with E-state index >= 15 is 0 Å². The van der Waals surface area contributed by atoms with Crippen molar-refractivity contribution in [3.63, 3.8) is 0 Å². The average molecular weight is 341 g/mol. The molecule has 0 aliphatic heterocycles. The maximum atomic E-state index is 10.3. The Labute approximate surface area is 130 Å². The van der Waals surface area contributed by atoms with E-state index in [-0.39, 0.29) is 6.10 Å². The summed E-state index contributed by atoms with van der Waals surface area (Å²) < 4.78 is 6.40. The molecular formula is C17H25BrO2. The summed E-state index contributed by atoms with van der Waals surface area (Å²) in [7, 11) is 1.68. The van der Waals surface area contributed by atoms with Gasteiger partial charge in [0.1, 0.15) is 5.75 Å². The van der Waals surface area contributed by atoms with Gasteiger partial charge in [0.15, 0.2) is 0 Å². The molecule has 2 nitrogen and oxygen atoms in total. The van der Waals surface area contributed by atoms with E-state index in [9.17, 15) is 5.11 Å². The Kier molecular flexibility index (Phi) is 6.37. The van der Waals surface area contributed by atoms with Crippen LogP contribution in [-0.2, 0) is 6.42 Å². The van der Waals surface area contributed by atoms with Gasteiger partial charge in [-0.05, 0) is 42.5 Å². The summed E-state index contributed by atoms with van der Waals surface area (Å²) in [6, 6.07) is 5.96. The molecule has 1 aromatic rings. The molecule has 0 spiro atoms. The van der Waals surface area contributed by atoms with Gasteiger partial charge in [-0.15, -0.1) is 0 Å². The van der Waals surface area contributed by atoms with Gasteiger partial charge in [0, 0.05) is 10.9 Å². The Balaban J connectivity index is 1.84. The van der Waals surface area contributed by atoms with E-state index < -0.39 is 0 Å². The highest BCUT2D eigenvalue weighted by atomic mass is 79.9. The molecule has 0 heterocycles. The third-order valence-corrected chi connectivity index (χ3v) is 4.82. The van der Waals surface area contributed by atoms with Crippen molar-refractivity contribution < 1.29 is 9.84 Å². The first-order valence-electron chi connectivity index (χ1n) is 7.69. The number of aliphatic hydroxyl groups excluding tert-OH is 1. The standard InChI is InChI=1S/C17H25BrO2/c1-20-17-10-8-15(18)11-14(17)12-16(19)9-7-13-5-3-2-4-6-13/h8,10-11,13,16,19H,2-7,9,12H2,1H3. The first-order chi connectivity index (χ1) is 9.69. The minimum Gasteiger partial charge on any atom is -0.496 e. The van der Waals surface area contributed by atoms with Crippen molar-refractivity contribution in [1.29, 1.82) is 0 Å². The van der Waals surface area contributed by atoms with Crippen LogP contribution in [-0.4, -0.2) is 18.3 Å². The maximum absolute atomic E-state index is 10.3. The zero-order valence-corrected chi connectivity index (χ0v) is 13.9. The number of benzene rings is 1. The SMILES string of the molecule is COc1ccc(Br)cc1CC(O)CCC1CCCCC1. The molecule has 0 saturated heterocycles. The first kappa shape index (κ1) is 15.8. The van der Waals surface area contributed by atoms with Crippen LogP contribution in [0.4, 0.5) is 0 Å². The van der Waals surface area contributed by atoms with Gasteiger partial charge in [0.25, 0.3) is 0 Å². The molecule has 1 unspecified atom stereocenters. The molecule has 0 aromatic heterocycles. The van der Waals surface area contributed by atoms with Crippen LogP contribution >= 0.6 is 15.9 Å². The van der Waals surface area contributed by atoms with E-state index in [0.29, 0.717) is 6.42 Å². The summed E-state index contributed by atoms with van der Waals surface area (Å²) in [4.78, 5) is 0. The predicted molar refractivity (Wildman–Crippen MR) is 86.2 cm³/mol. The Bertz CT molecular complexity index is 413. The lowest BCUT2D eigenvalue weighted by atomic mass is 9.85. The highest BCUT2D eigenvalue weighted by molar-refractivity contribution is 9.10. The Morgan fingerprint density at radius 3 is 2.75 bits per heavy atom. The molecule has 112 valence electrons. The lowest BCUT2D eigenvalue weighted by Crippen LogP contribution is -2.15. The molecule has 1 aliphatic rings. The van der Waals surface area contributed by atoms with Crippen LogP contribution in [0.2, 0.25) is 0 Å². The molecule has 1 saturated carbocycles. The van der Waals surface area contributed by atoms with Gasteiger partial charge in [-0.25, -0.2) is 0 Å². The van der Waals surface area contributed by atoms with E-state index in [2.05, 4.69) is 15.9 Å². The summed E-state index contributed by atoms with van der Waals surface area (Å²) >= 11 is 3.48. The van der Waals surface area contributed by atoms with Crippen LogP contribution in [0.3, 0.4) is 0 Å². The molecule has 0 radical (unpaired) electrons. The van der Waals surface area contributed by atoms with Gasteiger partial charge >= 0.3 is 0 Å². The van der Waals surface area contributed by atoms with Crippen LogP contribution in [0, 0.1) is 5.92 Å². The molecule has 1 fully saturated rings. The van der Waals surface area contributed by atoms with Gasteiger partial charge in [-0.2, -0.15) is 0 Å². The highest BCUT2D eigenvalue weighted by Gasteiger charge is 2.16. The average Bonchev–Trinajstić information content (AvgIpc) is 2.46. The van der Waals surface area contributed by atoms with Gasteiger partial charge in [0.05, 0.1) is 13.2 Å². The summed E-state index contributed by atoms with van der Waals surface area (Å²) in [6.07, 6.45) is 9.34. The number of ether oxygens (including phenoxy) is 1. The largest absolute Gasteiger partial charge is 0.496 e. The minimum atomic E-state index is -0.264. The number of halogens is 1. The third-order valence-electron chi connectivity index (χ3n) is 4.33. The van der Waals surface area contributed by atoms with E-state index in [1.807, 2.05) is 18.2 Å². The van der Waals surface area contributed by atoms with E-state index in [1.54, 1.807) is 7.11 Å².